The van der Waals surface area contributed by atoms with Gasteiger partial charge in [-0.1, -0.05) is 48.5 Å². The van der Waals surface area contributed by atoms with Gasteiger partial charge in [0.2, 0.25) is 18.0 Å². The second-order valence-electron chi connectivity index (χ2n) is 10.4. The van der Waals surface area contributed by atoms with Crippen LogP contribution in [0.3, 0.4) is 0 Å². The van der Waals surface area contributed by atoms with Crippen LogP contribution >= 0.6 is 0 Å². The molecule has 4 aromatic rings. The van der Waals surface area contributed by atoms with Crippen molar-refractivity contribution in [1.29, 1.82) is 0 Å². The molecule has 15 nitrogen and oxygen atoms in total. The Morgan fingerprint density at radius 1 is 1.00 bits per heavy atom. The van der Waals surface area contributed by atoms with Crippen molar-refractivity contribution >= 4 is 17.9 Å². The summed E-state index contributed by atoms with van der Waals surface area (Å²) < 4.78 is 10.3. The van der Waals surface area contributed by atoms with Crippen molar-refractivity contribution in [2.24, 2.45) is 0 Å². The van der Waals surface area contributed by atoms with E-state index in [1.165, 1.54) is 4.80 Å². The first-order valence-electron chi connectivity index (χ1n) is 14.5. The molecular formula is C30H34N8O7. The average molecular weight is 619 g/mol. The molecule has 0 fully saturated rings. The number of hydrogen-bond donors (Lipinski definition) is 2. The predicted molar refractivity (Wildman–Crippen MR) is 157 cm³/mol. The summed E-state index contributed by atoms with van der Waals surface area (Å²) in [6, 6.07) is 15.6. The molecule has 5 rings (SSSR count). The molecule has 0 radical (unpaired) electrons. The third-order valence-electron chi connectivity index (χ3n) is 7.21. The maximum atomic E-state index is 12.9. The van der Waals surface area contributed by atoms with Crippen LogP contribution in [0.2, 0.25) is 0 Å². The van der Waals surface area contributed by atoms with E-state index < -0.39 is 12.4 Å². The highest BCUT2D eigenvalue weighted by atomic mass is 17.1. The Bertz CT molecular complexity index is 1640. The Hall–Kier alpha value is -4.83. The molecule has 1 unspecified atom stereocenters. The molecule has 1 atom stereocenters. The number of hydrogen-bond acceptors (Lipinski definition) is 13. The van der Waals surface area contributed by atoms with E-state index in [4.69, 9.17) is 19.9 Å². The zero-order valence-corrected chi connectivity index (χ0v) is 25.2. The lowest BCUT2D eigenvalue weighted by Gasteiger charge is -2.29. The number of anilines is 1. The smallest absolute Gasteiger partial charge is 0.434 e. The fraction of sp³-hybridized carbons (Fsp3) is 0.367. The molecule has 236 valence electrons. The Morgan fingerprint density at radius 2 is 1.73 bits per heavy atom. The normalized spacial score (nSPS) is 13.6. The Labute approximate surface area is 258 Å². The molecular weight excluding hydrogens is 584 g/mol. The number of unbranched alkanes of at least 4 members (excludes halogenated alkanes) is 1. The minimum Gasteiger partial charge on any atom is -0.434 e. The number of fused-ring (bicyclic) bond motifs is 1. The van der Waals surface area contributed by atoms with Crippen LogP contribution in [0.5, 0.6) is 0 Å². The summed E-state index contributed by atoms with van der Waals surface area (Å²) in [6.45, 7) is 5.88. The van der Waals surface area contributed by atoms with Crippen LogP contribution in [0, 0.1) is 13.8 Å². The van der Waals surface area contributed by atoms with Gasteiger partial charge in [-0.3, -0.25) is 24.9 Å². The maximum absolute atomic E-state index is 12.9. The molecule has 2 aromatic heterocycles. The summed E-state index contributed by atoms with van der Waals surface area (Å²) >= 11 is 0. The van der Waals surface area contributed by atoms with Gasteiger partial charge in [-0.05, 0) is 61.9 Å². The van der Waals surface area contributed by atoms with Crippen molar-refractivity contribution in [3.63, 3.8) is 0 Å². The average Bonchev–Trinajstić information content (AvgIpc) is 3.51. The van der Waals surface area contributed by atoms with E-state index in [1.807, 2.05) is 62.4 Å². The van der Waals surface area contributed by atoms with Crippen LogP contribution in [0.25, 0.3) is 22.5 Å². The van der Waals surface area contributed by atoms with E-state index in [0.29, 0.717) is 49.7 Å². The number of amides is 1. The minimum absolute atomic E-state index is 0.0411. The summed E-state index contributed by atoms with van der Waals surface area (Å²) in [5.41, 5.74) is 5.43. The molecule has 0 bridgehead atoms. The molecule has 0 saturated heterocycles. The third-order valence-corrected chi connectivity index (χ3v) is 7.21. The number of benzene rings is 2. The van der Waals surface area contributed by atoms with E-state index in [0.717, 1.165) is 33.5 Å². The summed E-state index contributed by atoms with van der Waals surface area (Å²) in [4.78, 5) is 41.3. The number of tetrazole rings is 1. The molecule has 3 heterocycles. The van der Waals surface area contributed by atoms with E-state index in [-0.39, 0.29) is 24.5 Å². The zero-order chi connectivity index (χ0) is 31.9. The molecule has 0 spiro atoms. The molecule has 0 aliphatic carbocycles. The van der Waals surface area contributed by atoms with Gasteiger partial charge in [-0.25, -0.2) is 14.8 Å². The van der Waals surface area contributed by atoms with Gasteiger partial charge in [-0.2, -0.15) is 0 Å². The number of rotatable bonds is 12. The second kappa shape index (κ2) is 14.3. The summed E-state index contributed by atoms with van der Waals surface area (Å²) in [6.07, 6.45) is 0.150. The van der Waals surface area contributed by atoms with Crippen LogP contribution < -0.4 is 4.90 Å². The lowest BCUT2D eigenvalue weighted by molar-refractivity contribution is -0.492. The molecule has 2 N–H and O–H groups in total. The van der Waals surface area contributed by atoms with Gasteiger partial charge in [-0.15, -0.1) is 15.0 Å². The maximum Gasteiger partial charge on any atom is 0.510 e. The van der Waals surface area contributed by atoms with Gasteiger partial charge in [0.25, 0.3) is 0 Å². The zero-order valence-electron chi connectivity index (χ0n) is 25.2. The van der Waals surface area contributed by atoms with Gasteiger partial charge in [0, 0.05) is 23.2 Å². The second-order valence-corrected chi connectivity index (χ2v) is 10.4. The van der Waals surface area contributed by atoms with Crippen molar-refractivity contribution in [2.45, 2.75) is 59.2 Å². The molecule has 0 saturated carbocycles. The van der Waals surface area contributed by atoms with Gasteiger partial charge >= 0.3 is 6.16 Å². The quantitative estimate of drug-likeness (QED) is 0.130. The number of carbonyl (C=O) groups is 2. The van der Waals surface area contributed by atoms with Crippen LogP contribution in [-0.4, -0.2) is 71.3 Å². The van der Waals surface area contributed by atoms with Gasteiger partial charge in [0.1, 0.15) is 11.6 Å². The van der Waals surface area contributed by atoms with E-state index in [1.54, 1.807) is 11.8 Å². The van der Waals surface area contributed by atoms with Crippen molar-refractivity contribution in [3.05, 3.63) is 71.2 Å². The van der Waals surface area contributed by atoms with E-state index in [9.17, 15) is 9.59 Å². The number of aryl methyl sites for hydroxylation is 2. The van der Waals surface area contributed by atoms with E-state index >= 15 is 0 Å². The van der Waals surface area contributed by atoms with Crippen molar-refractivity contribution < 1.29 is 34.3 Å². The number of carbonyl (C=O) groups excluding carboxylic acids is 2. The lowest BCUT2D eigenvalue weighted by atomic mass is 9.98. The van der Waals surface area contributed by atoms with Crippen LogP contribution in [0.1, 0.15) is 55.1 Å². The highest BCUT2D eigenvalue weighted by Crippen LogP contribution is 2.32. The summed E-state index contributed by atoms with van der Waals surface area (Å²) in [5, 5.41) is 29.3. The topological polar surface area (TPSA) is 178 Å². The molecule has 15 heteroatoms. The Kier molecular flexibility index (Phi) is 10.0. The van der Waals surface area contributed by atoms with E-state index in [2.05, 4.69) is 30.2 Å². The molecule has 45 heavy (non-hydrogen) atoms. The van der Waals surface area contributed by atoms with Crippen LogP contribution in [0.4, 0.5) is 10.6 Å². The lowest BCUT2D eigenvalue weighted by Crippen LogP contribution is -2.36. The number of aromatic nitrogens is 6. The standard InChI is InChI=1S/C30H34N8O7/c1-19-24-14-15-27(39)36(29(24)32-20(2)31-19)18-22-10-12-23(13-11-22)25-8-4-5-9-26(25)28-33-35-37(34-28)21(3)45-30(40)43-16-6-7-17-44-38(41)42/h4-5,8-13,21,41-42H,6-7,14-18H2,1-3H3. The predicted octanol–water partition coefficient (Wildman–Crippen LogP) is 4.36. The molecule has 1 aliphatic rings. The fourth-order valence-corrected chi connectivity index (χ4v) is 5.00. The fourth-order valence-electron chi connectivity index (χ4n) is 5.00. The highest BCUT2D eigenvalue weighted by molar-refractivity contribution is 5.95. The first kappa shape index (κ1) is 31.6. The SMILES string of the molecule is Cc1nc(C)c2c(n1)N(Cc1ccc(-c3ccccc3-c3nnn(C(C)OC(=O)OCCCCON(O)O)n3)cc1)C(=O)CC2. The summed E-state index contributed by atoms with van der Waals surface area (Å²) in [5.74, 6) is 1.72. The molecule has 2 aromatic carbocycles. The summed E-state index contributed by atoms with van der Waals surface area (Å²) in [7, 11) is 0. The third kappa shape index (κ3) is 7.82. The first-order valence-corrected chi connectivity index (χ1v) is 14.5. The van der Waals surface area contributed by atoms with Crippen LogP contribution in [-0.2, 0) is 32.1 Å². The largest absolute Gasteiger partial charge is 0.510 e. The molecule has 1 amide bonds. The highest BCUT2D eigenvalue weighted by Gasteiger charge is 2.28. The minimum atomic E-state index is -0.902. The Balaban J connectivity index is 1.23. The Morgan fingerprint density at radius 3 is 2.49 bits per heavy atom. The van der Waals surface area contributed by atoms with Gasteiger partial charge < -0.3 is 9.47 Å². The molecule has 1 aliphatic heterocycles. The first-order chi connectivity index (χ1) is 21.7. The van der Waals surface area contributed by atoms with Crippen molar-refractivity contribution in [1.82, 2.24) is 35.6 Å². The van der Waals surface area contributed by atoms with Crippen molar-refractivity contribution in [3.8, 4) is 22.5 Å². The number of nitrogens with zero attached hydrogens (tertiary/aromatic N) is 8. The van der Waals surface area contributed by atoms with Crippen molar-refractivity contribution in [2.75, 3.05) is 18.1 Å². The number of ether oxygens (including phenoxy) is 2. The van der Waals surface area contributed by atoms with Crippen LogP contribution in [0.15, 0.2) is 48.5 Å². The van der Waals surface area contributed by atoms with Gasteiger partial charge in [0.15, 0.2) is 0 Å². The monoisotopic (exact) mass is 618 g/mol. The van der Waals surface area contributed by atoms with Gasteiger partial charge in [0.05, 0.1) is 25.1 Å².